The number of thioether (sulfide) groups is 1. The Hall–Kier alpha value is -3.27. The van der Waals surface area contributed by atoms with Crippen LogP contribution in [-0.2, 0) is 12.3 Å². The predicted molar refractivity (Wildman–Crippen MR) is 122 cm³/mol. The van der Waals surface area contributed by atoms with Crippen molar-refractivity contribution in [2.75, 3.05) is 14.2 Å². The molecule has 0 aliphatic carbocycles. The Morgan fingerprint density at radius 1 is 1.22 bits per heavy atom. The number of nitrogens with zero attached hydrogens (tertiary/aromatic N) is 4. The van der Waals surface area contributed by atoms with Gasteiger partial charge in [-0.15, -0.1) is 0 Å². The third-order valence-corrected chi connectivity index (χ3v) is 5.97. The van der Waals surface area contributed by atoms with Crippen molar-refractivity contribution >= 4 is 22.8 Å². The van der Waals surface area contributed by atoms with Crippen LogP contribution in [0, 0.1) is 6.92 Å². The lowest BCUT2D eigenvalue weighted by molar-refractivity contribution is 0.355. The average Bonchev–Trinajstić information content (AvgIpc) is 3.42. The first-order valence-corrected chi connectivity index (χ1v) is 11.3. The molecule has 9 nitrogen and oxygen atoms in total. The molecule has 0 saturated heterocycles. The Kier molecular flexibility index (Phi) is 6.50. The lowest BCUT2D eigenvalue weighted by atomic mass is 10.2. The zero-order valence-electron chi connectivity index (χ0n) is 18.5. The lowest BCUT2D eigenvalue weighted by Gasteiger charge is -2.10. The molecule has 4 rings (SSSR count). The summed E-state index contributed by atoms with van der Waals surface area (Å²) in [7, 11) is 3.14. The van der Waals surface area contributed by atoms with Gasteiger partial charge in [0.25, 0.3) is 5.56 Å². The highest BCUT2D eigenvalue weighted by atomic mass is 32.2. The third kappa shape index (κ3) is 4.22. The second kappa shape index (κ2) is 9.47. The average molecular weight is 456 g/mol. The van der Waals surface area contributed by atoms with E-state index in [2.05, 4.69) is 22.0 Å². The van der Waals surface area contributed by atoms with E-state index < -0.39 is 0 Å². The molecule has 3 heterocycles. The zero-order valence-corrected chi connectivity index (χ0v) is 19.3. The number of aryl methyl sites for hydroxylation is 1. The summed E-state index contributed by atoms with van der Waals surface area (Å²) < 4.78 is 18.0. The van der Waals surface area contributed by atoms with Gasteiger partial charge in [0.2, 0.25) is 11.7 Å². The minimum Gasteiger partial charge on any atom is -0.493 e. The maximum absolute atomic E-state index is 13.0. The molecule has 0 spiro atoms. The molecule has 32 heavy (non-hydrogen) atoms. The van der Waals surface area contributed by atoms with Gasteiger partial charge in [0.15, 0.2) is 16.7 Å². The first-order valence-electron chi connectivity index (χ1n) is 10.3. The Bertz CT molecular complexity index is 1290. The molecule has 1 N–H and O–H groups in total. The number of nitrogens with one attached hydrogen (secondary N) is 1. The molecular weight excluding hydrogens is 430 g/mol. The van der Waals surface area contributed by atoms with Crippen LogP contribution in [0.1, 0.15) is 31.4 Å². The van der Waals surface area contributed by atoms with Crippen molar-refractivity contribution in [3.05, 3.63) is 46.2 Å². The number of aromatic nitrogens is 5. The number of unbranched alkanes of at least 4 members (excludes halogenated alkanes) is 1. The van der Waals surface area contributed by atoms with Crippen molar-refractivity contribution in [3.8, 4) is 22.9 Å². The topological polar surface area (TPSA) is 108 Å². The minimum atomic E-state index is -0.0635. The van der Waals surface area contributed by atoms with E-state index in [9.17, 15) is 4.79 Å². The molecule has 0 radical (unpaired) electrons. The second-order valence-electron chi connectivity index (χ2n) is 7.26. The highest BCUT2D eigenvalue weighted by Gasteiger charge is 2.18. The number of para-hydroxylation sites is 1. The van der Waals surface area contributed by atoms with E-state index in [1.165, 1.54) is 11.8 Å². The first-order chi connectivity index (χ1) is 15.5. The summed E-state index contributed by atoms with van der Waals surface area (Å²) in [6, 6.07) is 7.37. The molecule has 0 atom stereocenters. The molecule has 0 fully saturated rings. The molecule has 1 aromatic carbocycles. The van der Waals surface area contributed by atoms with Gasteiger partial charge in [-0.1, -0.05) is 36.3 Å². The van der Waals surface area contributed by atoms with Crippen LogP contribution in [0.15, 0.2) is 38.7 Å². The minimum absolute atomic E-state index is 0.0635. The number of benzene rings is 1. The number of aromatic amines is 1. The molecule has 4 aromatic rings. The van der Waals surface area contributed by atoms with Gasteiger partial charge in [-0.3, -0.25) is 9.36 Å². The van der Waals surface area contributed by atoms with Gasteiger partial charge in [0, 0.05) is 12.2 Å². The van der Waals surface area contributed by atoms with Crippen molar-refractivity contribution in [1.82, 2.24) is 24.7 Å². The van der Waals surface area contributed by atoms with Crippen LogP contribution in [0.25, 0.3) is 22.4 Å². The highest BCUT2D eigenvalue weighted by molar-refractivity contribution is 7.98. The monoisotopic (exact) mass is 455 g/mol. The van der Waals surface area contributed by atoms with Crippen LogP contribution in [0.2, 0.25) is 0 Å². The number of rotatable bonds is 9. The number of H-pyrrole nitrogens is 1. The van der Waals surface area contributed by atoms with Crippen molar-refractivity contribution in [2.24, 2.45) is 0 Å². The van der Waals surface area contributed by atoms with Crippen molar-refractivity contribution in [2.45, 2.75) is 44.1 Å². The normalized spacial score (nSPS) is 11.2. The Morgan fingerprint density at radius 3 is 2.81 bits per heavy atom. The summed E-state index contributed by atoms with van der Waals surface area (Å²) in [6.45, 7) is 4.61. The van der Waals surface area contributed by atoms with E-state index in [0.717, 1.165) is 18.5 Å². The van der Waals surface area contributed by atoms with E-state index in [4.69, 9.17) is 19.0 Å². The summed E-state index contributed by atoms with van der Waals surface area (Å²) in [4.78, 5) is 25.3. The zero-order chi connectivity index (χ0) is 22.7. The Labute approximate surface area is 189 Å². The molecule has 0 saturated carbocycles. The van der Waals surface area contributed by atoms with Gasteiger partial charge in [0.05, 0.1) is 31.1 Å². The standard InChI is InChI=1S/C22H25N5O4S/c1-5-6-10-27-21(28)18-15(11-13(2)23-18)24-22(27)32-12-17-25-20(26-31-17)14-8-7-9-16(29-3)19(14)30-4/h7-9,11,23H,5-6,10,12H2,1-4H3. The van der Waals surface area contributed by atoms with Crippen molar-refractivity contribution < 1.29 is 14.0 Å². The molecule has 10 heteroatoms. The summed E-state index contributed by atoms with van der Waals surface area (Å²) >= 11 is 1.40. The number of hydrogen-bond acceptors (Lipinski definition) is 8. The highest BCUT2D eigenvalue weighted by Crippen LogP contribution is 2.36. The van der Waals surface area contributed by atoms with Gasteiger partial charge in [-0.05, 0) is 31.5 Å². The van der Waals surface area contributed by atoms with E-state index in [0.29, 0.717) is 57.3 Å². The maximum atomic E-state index is 13.0. The van der Waals surface area contributed by atoms with Crippen molar-refractivity contribution in [3.63, 3.8) is 0 Å². The van der Waals surface area contributed by atoms with Crippen molar-refractivity contribution in [1.29, 1.82) is 0 Å². The Balaban J connectivity index is 1.61. The number of fused-ring (bicyclic) bond motifs is 1. The van der Waals surface area contributed by atoms with Crippen LogP contribution in [-0.4, -0.2) is 38.9 Å². The largest absolute Gasteiger partial charge is 0.493 e. The van der Waals surface area contributed by atoms with E-state index >= 15 is 0 Å². The van der Waals surface area contributed by atoms with Crippen LogP contribution < -0.4 is 15.0 Å². The van der Waals surface area contributed by atoms with Crippen LogP contribution >= 0.6 is 11.8 Å². The molecule has 3 aromatic heterocycles. The number of hydrogen-bond donors (Lipinski definition) is 1. The number of ether oxygens (including phenoxy) is 2. The van der Waals surface area contributed by atoms with E-state index in [-0.39, 0.29) is 5.56 Å². The molecule has 0 bridgehead atoms. The summed E-state index contributed by atoms with van der Waals surface area (Å²) in [5, 5.41) is 4.73. The molecular formula is C22H25N5O4S. The van der Waals surface area contributed by atoms with Gasteiger partial charge < -0.3 is 19.0 Å². The lowest BCUT2D eigenvalue weighted by Crippen LogP contribution is -2.23. The fourth-order valence-corrected chi connectivity index (χ4v) is 4.31. The van der Waals surface area contributed by atoms with Crippen LogP contribution in [0.5, 0.6) is 11.5 Å². The third-order valence-electron chi connectivity index (χ3n) is 5.01. The molecule has 168 valence electrons. The van der Waals surface area contributed by atoms with Crippen LogP contribution in [0.4, 0.5) is 0 Å². The quantitative estimate of drug-likeness (QED) is 0.296. The molecule has 0 aliphatic rings. The van der Waals surface area contributed by atoms with E-state index in [1.54, 1.807) is 24.9 Å². The Morgan fingerprint density at radius 2 is 2.06 bits per heavy atom. The van der Waals surface area contributed by atoms with E-state index in [1.807, 2.05) is 25.1 Å². The van der Waals surface area contributed by atoms with Crippen LogP contribution in [0.3, 0.4) is 0 Å². The SMILES string of the molecule is CCCCn1c(SCc2nc(-c3cccc(OC)c3OC)no2)nc2cc(C)[nH]c2c1=O. The molecule has 0 aliphatic heterocycles. The summed E-state index contributed by atoms with van der Waals surface area (Å²) in [6.07, 6.45) is 1.87. The van der Waals surface area contributed by atoms with Gasteiger partial charge in [0.1, 0.15) is 5.52 Å². The summed E-state index contributed by atoms with van der Waals surface area (Å²) in [5.41, 5.74) is 2.71. The molecule has 0 unspecified atom stereocenters. The summed E-state index contributed by atoms with van der Waals surface area (Å²) in [5.74, 6) is 2.34. The molecule has 0 amide bonds. The smallest absolute Gasteiger partial charge is 0.278 e. The number of methoxy groups -OCH3 is 2. The first kappa shape index (κ1) is 21.9. The van der Waals surface area contributed by atoms with Gasteiger partial charge in [-0.2, -0.15) is 4.98 Å². The predicted octanol–water partition coefficient (Wildman–Crippen LogP) is 4.19. The van der Waals surface area contributed by atoms with Gasteiger partial charge in [-0.25, -0.2) is 4.98 Å². The van der Waals surface area contributed by atoms with Gasteiger partial charge >= 0.3 is 0 Å². The fraction of sp³-hybridized carbons (Fsp3) is 0.364. The fourth-order valence-electron chi connectivity index (χ4n) is 3.45. The second-order valence-corrected chi connectivity index (χ2v) is 8.20. The maximum Gasteiger partial charge on any atom is 0.278 e.